The van der Waals surface area contributed by atoms with E-state index < -0.39 is 0 Å². The zero-order valence-corrected chi connectivity index (χ0v) is 21.6. The highest BCUT2D eigenvalue weighted by Crippen LogP contribution is 2.34. The number of rotatable bonds is 8. The van der Waals surface area contributed by atoms with Gasteiger partial charge in [-0.05, 0) is 54.6 Å². The second kappa shape index (κ2) is 10.7. The highest BCUT2D eigenvalue weighted by molar-refractivity contribution is 6.32. The molecule has 3 heterocycles. The van der Waals surface area contributed by atoms with Crippen molar-refractivity contribution in [1.82, 2.24) is 29.4 Å². The zero-order chi connectivity index (χ0) is 26.6. The van der Waals surface area contributed by atoms with Crippen molar-refractivity contribution in [2.75, 3.05) is 18.9 Å². The number of hydrogen-bond donors (Lipinski definition) is 1. The lowest BCUT2D eigenvalue weighted by molar-refractivity contribution is -0.124. The maximum Gasteiger partial charge on any atom is 0.245 e. The van der Waals surface area contributed by atoms with E-state index in [4.69, 9.17) is 21.3 Å². The van der Waals surface area contributed by atoms with Gasteiger partial charge in [0.05, 0.1) is 33.6 Å². The SMILES string of the molecule is C=CC(=O)N(C)CC=Cc1ccc2ncnc(Nc3ccc(Oc4ccc5c(c4)ncn5C)c(Cl)c3)c2n1. The van der Waals surface area contributed by atoms with Gasteiger partial charge >= 0.3 is 0 Å². The Kier molecular flexibility index (Phi) is 7.01. The van der Waals surface area contributed by atoms with Crippen molar-refractivity contribution in [2.24, 2.45) is 7.05 Å². The Balaban J connectivity index is 1.34. The number of amides is 1. The van der Waals surface area contributed by atoms with Crippen LogP contribution in [0.1, 0.15) is 5.69 Å². The standard InChI is InChI=1S/C28H24ClN7O2/c1-4-26(37)35(2)13-5-6-18-7-10-22-27(33-18)28(31-16-30-22)34-19-8-12-25(21(29)14-19)38-20-9-11-24-23(15-20)32-17-36(24)3/h4-12,14-17H,1,13H2,2-3H3,(H,30,31,34). The fraction of sp³-hybridized carbons (Fsp3) is 0.107. The van der Waals surface area contributed by atoms with Crippen molar-refractivity contribution in [2.45, 2.75) is 0 Å². The van der Waals surface area contributed by atoms with E-state index >= 15 is 0 Å². The molecule has 0 saturated carbocycles. The summed E-state index contributed by atoms with van der Waals surface area (Å²) in [6.45, 7) is 3.93. The van der Waals surface area contributed by atoms with E-state index in [1.165, 1.54) is 12.4 Å². The highest BCUT2D eigenvalue weighted by atomic mass is 35.5. The van der Waals surface area contributed by atoms with E-state index in [2.05, 4.69) is 26.8 Å². The Morgan fingerprint density at radius 2 is 2.00 bits per heavy atom. The third-order valence-corrected chi connectivity index (χ3v) is 6.14. The van der Waals surface area contributed by atoms with Crippen molar-refractivity contribution >= 4 is 57.2 Å². The largest absolute Gasteiger partial charge is 0.456 e. The normalized spacial score (nSPS) is 11.2. The second-order valence-electron chi connectivity index (χ2n) is 8.53. The van der Waals surface area contributed by atoms with Gasteiger partial charge in [0.1, 0.15) is 23.3 Å². The Bertz CT molecular complexity index is 1700. The average Bonchev–Trinajstić information content (AvgIpc) is 3.29. The first-order chi connectivity index (χ1) is 18.4. The molecule has 5 aromatic rings. The topological polar surface area (TPSA) is 98.1 Å². The van der Waals surface area contributed by atoms with Crippen LogP contribution in [0.2, 0.25) is 5.02 Å². The zero-order valence-electron chi connectivity index (χ0n) is 20.8. The minimum absolute atomic E-state index is 0.148. The number of hydrogen-bond acceptors (Lipinski definition) is 7. The second-order valence-corrected chi connectivity index (χ2v) is 8.94. The number of ether oxygens (including phenoxy) is 1. The van der Waals surface area contributed by atoms with Crippen molar-refractivity contribution in [1.29, 1.82) is 0 Å². The van der Waals surface area contributed by atoms with Gasteiger partial charge in [-0.15, -0.1) is 0 Å². The highest BCUT2D eigenvalue weighted by Gasteiger charge is 2.10. The molecule has 2 aromatic carbocycles. The first kappa shape index (κ1) is 24.9. The molecule has 0 radical (unpaired) electrons. The van der Waals surface area contributed by atoms with Crippen LogP contribution in [0.25, 0.3) is 28.1 Å². The number of carbonyl (C=O) groups is 1. The fourth-order valence-corrected chi connectivity index (χ4v) is 4.04. The molecule has 0 fully saturated rings. The fourth-order valence-electron chi connectivity index (χ4n) is 3.82. The van der Waals surface area contributed by atoms with Gasteiger partial charge in [-0.25, -0.2) is 19.9 Å². The predicted octanol–water partition coefficient (Wildman–Crippen LogP) is 5.76. The van der Waals surface area contributed by atoms with E-state index in [-0.39, 0.29) is 5.91 Å². The number of carbonyl (C=O) groups excluding carboxylic acids is 1. The summed E-state index contributed by atoms with van der Waals surface area (Å²) in [6, 6.07) is 14.8. The van der Waals surface area contributed by atoms with Crippen LogP contribution in [0.15, 0.2) is 79.9 Å². The monoisotopic (exact) mass is 525 g/mol. The molecule has 0 atom stereocenters. The van der Waals surface area contributed by atoms with Crippen molar-refractivity contribution in [3.05, 3.63) is 90.6 Å². The predicted molar refractivity (Wildman–Crippen MR) is 150 cm³/mol. The molecule has 0 aliphatic carbocycles. The molecule has 38 heavy (non-hydrogen) atoms. The van der Waals surface area contributed by atoms with Gasteiger partial charge < -0.3 is 19.5 Å². The molecule has 1 amide bonds. The number of nitrogens with one attached hydrogen (secondary N) is 1. The van der Waals surface area contributed by atoms with E-state index in [1.54, 1.807) is 30.4 Å². The third-order valence-electron chi connectivity index (χ3n) is 5.84. The average molecular weight is 526 g/mol. The van der Waals surface area contributed by atoms with Gasteiger partial charge in [-0.3, -0.25) is 4.79 Å². The maximum atomic E-state index is 11.6. The van der Waals surface area contributed by atoms with Crippen LogP contribution in [0.5, 0.6) is 11.5 Å². The number of aromatic nitrogens is 5. The minimum atomic E-state index is -0.148. The Morgan fingerprint density at radius 1 is 1.13 bits per heavy atom. The number of fused-ring (bicyclic) bond motifs is 2. The summed E-state index contributed by atoms with van der Waals surface area (Å²) >= 11 is 6.55. The summed E-state index contributed by atoms with van der Waals surface area (Å²) in [5.41, 5.74) is 4.58. The summed E-state index contributed by atoms with van der Waals surface area (Å²) in [6.07, 6.45) is 8.22. The first-order valence-corrected chi connectivity index (χ1v) is 12.1. The van der Waals surface area contributed by atoms with E-state index in [0.29, 0.717) is 45.6 Å². The number of anilines is 2. The number of likely N-dealkylation sites (N-methyl/N-ethyl adjacent to an activating group) is 1. The summed E-state index contributed by atoms with van der Waals surface area (Å²) in [4.78, 5) is 31.0. The molecule has 3 aromatic heterocycles. The van der Waals surface area contributed by atoms with Crippen LogP contribution in [0, 0.1) is 0 Å². The van der Waals surface area contributed by atoms with Gasteiger partial charge in [0, 0.05) is 32.4 Å². The molecule has 0 aliphatic heterocycles. The molecule has 0 saturated heterocycles. The third kappa shape index (κ3) is 5.33. The molecule has 5 rings (SSSR count). The number of benzene rings is 2. The van der Waals surface area contributed by atoms with Gasteiger partial charge in [-0.2, -0.15) is 0 Å². The number of imidazole rings is 1. The van der Waals surface area contributed by atoms with Crippen molar-refractivity contribution in [3.8, 4) is 11.5 Å². The molecule has 1 N–H and O–H groups in total. The lowest BCUT2D eigenvalue weighted by Gasteiger charge is -2.12. The summed E-state index contributed by atoms with van der Waals surface area (Å²) in [7, 11) is 3.65. The van der Waals surface area contributed by atoms with E-state index in [1.807, 2.05) is 60.2 Å². The molecule has 0 aliphatic rings. The van der Waals surface area contributed by atoms with Gasteiger partial charge in [0.25, 0.3) is 0 Å². The Hall–Kier alpha value is -4.76. The van der Waals surface area contributed by atoms with Crippen LogP contribution in [-0.4, -0.2) is 48.9 Å². The number of halogens is 1. The van der Waals surface area contributed by atoms with Gasteiger partial charge in [-0.1, -0.05) is 24.3 Å². The van der Waals surface area contributed by atoms with Gasteiger partial charge in [0.15, 0.2) is 5.82 Å². The molecular formula is C28H24ClN7O2. The molecule has 9 nitrogen and oxygen atoms in total. The van der Waals surface area contributed by atoms with Crippen LogP contribution in [0.3, 0.4) is 0 Å². The van der Waals surface area contributed by atoms with Crippen LogP contribution < -0.4 is 10.1 Å². The minimum Gasteiger partial charge on any atom is -0.456 e. The summed E-state index contributed by atoms with van der Waals surface area (Å²) < 4.78 is 7.96. The van der Waals surface area contributed by atoms with E-state index in [0.717, 1.165) is 16.7 Å². The lowest BCUT2D eigenvalue weighted by Crippen LogP contribution is -2.24. The smallest absolute Gasteiger partial charge is 0.245 e. The lowest BCUT2D eigenvalue weighted by atomic mass is 10.2. The van der Waals surface area contributed by atoms with Crippen molar-refractivity contribution < 1.29 is 9.53 Å². The molecular weight excluding hydrogens is 502 g/mol. The quantitative estimate of drug-likeness (QED) is 0.257. The summed E-state index contributed by atoms with van der Waals surface area (Å²) in [5.74, 6) is 1.55. The Morgan fingerprint density at radius 3 is 2.82 bits per heavy atom. The molecule has 190 valence electrons. The maximum absolute atomic E-state index is 11.6. The molecule has 0 spiro atoms. The number of nitrogens with zero attached hydrogens (tertiary/aromatic N) is 6. The molecule has 0 bridgehead atoms. The number of pyridine rings is 1. The first-order valence-electron chi connectivity index (χ1n) is 11.7. The summed E-state index contributed by atoms with van der Waals surface area (Å²) in [5, 5.41) is 3.71. The van der Waals surface area contributed by atoms with Crippen molar-refractivity contribution in [3.63, 3.8) is 0 Å². The molecule has 0 unspecified atom stereocenters. The van der Waals surface area contributed by atoms with E-state index in [9.17, 15) is 4.79 Å². The molecule has 10 heteroatoms. The van der Waals surface area contributed by atoms with Crippen LogP contribution in [0.4, 0.5) is 11.5 Å². The van der Waals surface area contributed by atoms with Crippen LogP contribution >= 0.6 is 11.6 Å². The van der Waals surface area contributed by atoms with Gasteiger partial charge in [0.2, 0.25) is 5.91 Å². The number of aryl methyl sites for hydroxylation is 1. The Labute approximate surface area is 224 Å². The van der Waals surface area contributed by atoms with Crippen LogP contribution in [-0.2, 0) is 11.8 Å².